The van der Waals surface area contributed by atoms with Gasteiger partial charge in [-0.2, -0.15) is 0 Å². The molecule has 114 valence electrons. The van der Waals surface area contributed by atoms with Gasteiger partial charge in [-0.05, 0) is 15.9 Å². The smallest absolute Gasteiger partial charge is 0.303 e. The van der Waals surface area contributed by atoms with Gasteiger partial charge in [-0.15, -0.1) is 0 Å². The van der Waals surface area contributed by atoms with Crippen LogP contribution in [0, 0.1) is 0 Å². The van der Waals surface area contributed by atoms with Crippen molar-refractivity contribution in [1.29, 1.82) is 0 Å². The van der Waals surface area contributed by atoms with Crippen molar-refractivity contribution in [1.82, 2.24) is 0 Å². The molecule has 0 aromatic heterocycles. The highest BCUT2D eigenvalue weighted by atomic mass is 79.9. The van der Waals surface area contributed by atoms with Gasteiger partial charge in [0.25, 0.3) is 4.70 Å². The summed E-state index contributed by atoms with van der Waals surface area (Å²) in [4.78, 5) is 33.0. The minimum absolute atomic E-state index is 0.265. The molecule has 0 amide bonds. The summed E-state index contributed by atoms with van der Waals surface area (Å²) in [7, 11) is 0. The summed E-state index contributed by atoms with van der Waals surface area (Å²) in [5.74, 6) is -1.92. The quantitative estimate of drug-likeness (QED) is 0.422. The lowest BCUT2D eigenvalue weighted by Crippen LogP contribution is -2.44. The van der Waals surface area contributed by atoms with Crippen LogP contribution in [-0.4, -0.2) is 52.6 Å². The van der Waals surface area contributed by atoms with Gasteiger partial charge < -0.3 is 24.1 Å². The maximum absolute atomic E-state index is 11.1. The van der Waals surface area contributed by atoms with Gasteiger partial charge in [-0.1, -0.05) is 0 Å². The van der Waals surface area contributed by atoms with Crippen LogP contribution in [0.2, 0.25) is 0 Å². The first kappa shape index (κ1) is 16.9. The number of aliphatic hydroxyl groups is 1. The molecule has 8 nitrogen and oxygen atoms in total. The van der Waals surface area contributed by atoms with E-state index in [0.29, 0.717) is 0 Å². The fraction of sp³-hybridized carbons (Fsp3) is 0.727. The molecule has 1 N–H and O–H groups in total. The van der Waals surface area contributed by atoms with Gasteiger partial charge in [0.05, 0.1) is 0 Å². The number of esters is 3. The van der Waals surface area contributed by atoms with Crippen LogP contribution in [0.4, 0.5) is 0 Å². The highest BCUT2D eigenvalue weighted by Crippen LogP contribution is 2.38. The maximum Gasteiger partial charge on any atom is 0.303 e. The van der Waals surface area contributed by atoms with Crippen molar-refractivity contribution in [2.75, 3.05) is 6.61 Å². The molecule has 9 heteroatoms. The molecular weight excluding hydrogens is 340 g/mol. The molecule has 1 aliphatic rings. The zero-order chi connectivity index (χ0) is 15.5. The summed E-state index contributed by atoms with van der Waals surface area (Å²) >= 11 is 2.84. The molecule has 1 fully saturated rings. The molecular formula is C11H15BrO8. The zero-order valence-electron chi connectivity index (χ0n) is 11.1. The highest BCUT2D eigenvalue weighted by Gasteiger charge is 2.57. The number of halogens is 1. The fourth-order valence-corrected chi connectivity index (χ4v) is 2.31. The molecule has 0 aromatic rings. The second-order valence-corrected chi connectivity index (χ2v) is 5.31. The Morgan fingerprint density at radius 1 is 1.15 bits per heavy atom. The molecule has 4 atom stereocenters. The Kier molecular flexibility index (Phi) is 5.49. The Balaban J connectivity index is 2.90. The average molecular weight is 355 g/mol. The van der Waals surface area contributed by atoms with Gasteiger partial charge in [0.1, 0.15) is 12.7 Å². The lowest BCUT2D eigenvalue weighted by Gasteiger charge is -2.24. The lowest BCUT2D eigenvalue weighted by atomic mass is 10.1. The third-order valence-electron chi connectivity index (χ3n) is 2.38. The van der Waals surface area contributed by atoms with Crippen LogP contribution in [-0.2, 0) is 33.3 Å². The SMILES string of the molecule is CC(=O)OC[C@H]1OC(O)(Br)[C@H](OC(C)=O)[C@@H]1OC(C)=O. The van der Waals surface area contributed by atoms with Crippen molar-refractivity contribution in [2.24, 2.45) is 0 Å². The summed E-state index contributed by atoms with van der Waals surface area (Å²) in [6.45, 7) is 3.21. The topological polar surface area (TPSA) is 108 Å². The van der Waals surface area contributed by atoms with E-state index in [-0.39, 0.29) is 6.61 Å². The molecule has 0 aromatic carbocycles. The van der Waals surface area contributed by atoms with Crippen molar-refractivity contribution in [3.8, 4) is 0 Å². The Labute approximate surface area is 123 Å². The first-order valence-corrected chi connectivity index (χ1v) is 6.49. The Hall–Kier alpha value is -1.19. The minimum Gasteiger partial charge on any atom is -0.463 e. The van der Waals surface area contributed by atoms with E-state index in [1.54, 1.807) is 0 Å². The Bertz CT molecular complexity index is 407. The molecule has 0 bridgehead atoms. The molecule has 0 radical (unpaired) electrons. The number of carbonyl (C=O) groups is 3. The zero-order valence-corrected chi connectivity index (χ0v) is 12.7. The van der Waals surface area contributed by atoms with Crippen LogP contribution in [0.25, 0.3) is 0 Å². The van der Waals surface area contributed by atoms with Crippen molar-refractivity contribution in [3.63, 3.8) is 0 Å². The monoisotopic (exact) mass is 354 g/mol. The van der Waals surface area contributed by atoms with Crippen molar-refractivity contribution < 1.29 is 38.4 Å². The number of alkyl halides is 1. The number of hydrogen-bond donors (Lipinski definition) is 1. The van der Waals surface area contributed by atoms with Crippen LogP contribution in [0.3, 0.4) is 0 Å². The van der Waals surface area contributed by atoms with Crippen LogP contribution in [0.5, 0.6) is 0 Å². The summed E-state index contributed by atoms with van der Waals surface area (Å²) < 4.78 is 17.8. The number of ether oxygens (including phenoxy) is 4. The van der Waals surface area contributed by atoms with Crippen molar-refractivity contribution in [2.45, 2.75) is 43.8 Å². The second kappa shape index (κ2) is 6.51. The van der Waals surface area contributed by atoms with E-state index in [9.17, 15) is 19.5 Å². The molecule has 0 spiro atoms. The normalized spacial score (nSPS) is 32.5. The van der Waals surface area contributed by atoms with Crippen LogP contribution in [0.1, 0.15) is 20.8 Å². The van der Waals surface area contributed by atoms with E-state index in [1.807, 2.05) is 0 Å². The van der Waals surface area contributed by atoms with Crippen molar-refractivity contribution in [3.05, 3.63) is 0 Å². The fourth-order valence-electron chi connectivity index (χ4n) is 1.72. The maximum atomic E-state index is 11.1. The van der Waals surface area contributed by atoms with E-state index in [4.69, 9.17) is 18.9 Å². The first-order chi connectivity index (χ1) is 9.13. The predicted molar refractivity (Wildman–Crippen MR) is 66.5 cm³/mol. The van der Waals surface area contributed by atoms with E-state index in [0.717, 1.165) is 13.8 Å². The third kappa shape index (κ3) is 4.43. The Morgan fingerprint density at radius 2 is 1.70 bits per heavy atom. The van der Waals surface area contributed by atoms with Crippen LogP contribution in [0.15, 0.2) is 0 Å². The Morgan fingerprint density at radius 3 is 2.15 bits per heavy atom. The first-order valence-electron chi connectivity index (χ1n) is 5.70. The summed E-state index contributed by atoms with van der Waals surface area (Å²) in [6.07, 6.45) is -3.37. The molecule has 0 saturated carbocycles. The molecule has 0 aliphatic carbocycles. The van der Waals surface area contributed by atoms with Crippen LogP contribution < -0.4 is 0 Å². The summed E-state index contributed by atoms with van der Waals surface area (Å²) in [5.41, 5.74) is 0. The lowest BCUT2D eigenvalue weighted by molar-refractivity contribution is -0.184. The highest BCUT2D eigenvalue weighted by molar-refractivity contribution is 9.10. The third-order valence-corrected chi connectivity index (χ3v) is 3.02. The largest absolute Gasteiger partial charge is 0.463 e. The van der Waals surface area contributed by atoms with Crippen molar-refractivity contribution >= 4 is 33.8 Å². The van der Waals surface area contributed by atoms with Gasteiger partial charge in [0, 0.05) is 20.8 Å². The molecule has 1 heterocycles. The standard InChI is InChI=1S/C11H15BrO8/c1-5(13)17-4-8-9(18-6(2)14)10(19-7(3)15)11(12,16)20-8/h8-10,16H,4H2,1-3H3/t8-,9-,10-,11?/m1/s1. The second-order valence-electron chi connectivity index (χ2n) is 4.17. The number of carbonyl (C=O) groups excluding carboxylic acids is 3. The average Bonchev–Trinajstić information content (AvgIpc) is 2.48. The van der Waals surface area contributed by atoms with E-state index >= 15 is 0 Å². The summed E-state index contributed by atoms with van der Waals surface area (Å²) in [5, 5.41) is 10.0. The van der Waals surface area contributed by atoms with Gasteiger partial charge >= 0.3 is 17.9 Å². The van der Waals surface area contributed by atoms with E-state index in [2.05, 4.69) is 15.9 Å². The predicted octanol–water partition coefficient (Wildman–Crippen LogP) is -0.147. The molecule has 1 saturated heterocycles. The number of hydrogen-bond acceptors (Lipinski definition) is 8. The molecule has 1 aliphatic heterocycles. The molecule has 1 rings (SSSR count). The molecule has 20 heavy (non-hydrogen) atoms. The van der Waals surface area contributed by atoms with E-state index < -0.39 is 40.9 Å². The van der Waals surface area contributed by atoms with Crippen LogP contribution >= 0.6 is 15.9 Å². The molecule has 1 unspecified atom stereocenters. The van der Waals surface area contributed by atoms with Gasteiger partial charge in [0.2, 0.25) is 6.10 Å². The van der Waals surface area contributed by atoms with E-state index in [1.165, 1.54) is 6.92 Å². The van der Waals surface area contributed by atoms with Gasteiger partial charge in [-0.3, -0.25) is 14.4 Å². The van der Waals surface area contributed by atoms with Gasteiger partial charge in [0.15, 0.2) is 6.10 Å². The van der Waals surface area contributed by atoms with Gasteiger partial charge in [-0.25, -0.2) is 0 Å². The minimum atomic E-state index is -2.04. The summed E-state index contributed by atoms with van der Waals surface area (Å²) in [6, 6.07) is 0. The number of rotatable bonds is 4.